The van der Waals surface area contributed by atoms with Crippen LogP contribution in [0.5, 0.6) is 0 Å². The molecule has 0 amide bonds. The number of rotatable bonds is 8. The summed E-state index contributed by atoms with van der Waals surface area (Å²) in [5.41, 5.74) is 5.99. The highest BCUT2D eigenvalue weighted by molar-refractivity contribution is 5.95. The van der Waals surface area contributed by atoms with Crippen molar-refractivity contribution in [2.45, 2.75) is 39.8 Å². The summed E-state index contributed by atoms with van der Waals surface area (Å²) < 4.78 is 3.74. The molecule has 1 heterocycles. The molecule has 0 saturated heterocycles. The summed E-state index contributed by atoms with van der Waals surface area (Å²) in [6, 6.07) is 24.8. The number of nitrogens with zero attached hydrogens (tertiary/aromatic N) is 2. The van der Waals surface area contributed by atoms with Crippen LogP contribution in [0.15, 0.2) is 83.7 Å². The van der Waals surface area contributed by atoms with Crippen LogP contribution in [0.1, 0.15) is 46.2 Å². The van der Waals surface area contributed by atoms with Gasteiger partial charge in [-0.1, -0.05) is 86.1 Å². The van der Waals surface area contributed by atoms with Gasteiger partial charge in [-0.3, -0.25) is 9.13 Å². The van der Waals surface area contributed by atoms with Gasteiger partial charge < -0.3 is 5.11 Å². The van der Waals surface area contributed by atoms with E-state index in [1.165, 1.54) is 0 Å². The van der Waals surface area contributed by atoms with Crippen LogP contribution in [0.2, 0.25) is 0 Å². The van der Waals surface area contributed by atoms with Crippen molar-refractivity contribution < 1.29 is 9.90 Å². The van der Waals surface area contributed by atoms with Gasteiger partial charge in [0.1, 0.15) is 0 Å². The zero-order chi connectivity index (χ0) is 23.4. The largest absolute Gasteiger partial charge is 0.478 e. The molecule has 0 spiro atoms. The number of hydrogen-bond acceptors (Lipinski definition) is 2. The molecule has 0 aliphatic heterocycles. The summed E-state index contributed by atoms with van der Waals surface area (Å²) in [4.78, 5) is 24.9. The number of benzene rings is 3. The van der Waals surface area contributed by atoms with E-state index in [-0.39, 0.29) is 11.3 Å². The van der Waals surface area contributed by atoms with Gasteiger partial charge in [0.05, 0.1) is 18.7 Å². The average molecular weight is 441 g/mol. The maximum Gasteiger partial charge on any atom is 0.336 e. The number of hydrogen-bond donors (Lipinski definition) is 1. The molecule has 5 heteroatoms. The summed E-state index contributed by atoms with van der Waals surface area (Å²) >= 11 is 0. The first kappa shape index (κ1) is 22.3. The summed E-state index contributed by atoms with van der Waals surface area (Å²) in [7, 11) is 0. The van der Waals surface area contributed by atoms with Crippen molar-refractivity contribution in [3.8, 4) is 11.1 Å². The van der Waals surface area contributed by atoms with Gasteiger partial charge >= 0.3 is 11.7 Å². The van der Waals surface area contributed by atoms with E-state index >= 15 is 0 Å². The fraction of sp³-hybridized carbons (Fsp3) is 0.214. The summed E-state index contributed by atoms with van der Waals surface area (Å²) in [6.07, 6.45) is 1.80. The van der Waals surface area contributed by atoms with Crippen molar-refractivity contribution in [1.29, 1.82) is 0 Å². The van der Waals surface area contributed by atoms with E-state index in [2.05, 4.69) is 6.92 Å². The molecular formula is C28H28N2O3. The monoisotopic (exact) mass is 440 g/mol. The van der Waals surface area contributed by atoms with Crippen LogP contribution >= 0.6 is 0 Å². The minimum absolute atomic E-state index is 0.0000948. The smallest absolute Gasteiger partial charge is 0.336 e. The predicted octanol–water partition coefficient (Wildman–Crippen LogP) is 5.37. The minimum Gasteiger partial charge on any atom is -0.478 e. The average Bonchev–Trinajstić information content (AvgIpc) is 3.05. The second-order valence-corrected chi connectivity index (χ2v) is 8.27. The number of aromatic carboxylic acids is 1. The highest BCUT2D eigenvalue weighted by Crippen LogP contribution is 2.24. The molecule has 4 rings (SSSR count). The number of aromatic nitrogens is 2. The van der Waals surface area contributed by atoms with E-state index in [1.54, 1.807) is 12.1 Å². The van der Waals surface area contributed by atoms with E-state index < -0.39 is 5.97 Å². The van der Waals surface area contributed by atoms with E-state index in [9.17, 15) is 14.7 Å². The van der Waals surface area contributed by atoms with Crippen LogP contribution in [0.3, 0.4) is 0 Å². The normalized spacial score (nSPS) is 11.0. The van der Waals surface area contributed by atoms with Crippen molar-refractivity contribution in [2.24, 2.45) is 0 Å². The van der Waals surface area contributed by atoms with Crippen LogP contribution in [-0.4, -0.2) is 20.2 Å². The number of carboxylic acid groups (broad SMARTS) is 1. The Balaban J connectivity index is 1.66. The Morgan fingerprint density at radius 2 is 1.42 bits per heavy atom. The first-order valence-electron chi connectivity index (χ1n) is 11.2. The fourth-order valence-electron chi connectivity index (χ4n) is 4.32. The Kier molecular flexibility index (Phi) is 6.59. The summed E-state index contributed by atoms with van der Waals surface area (Å²) in [6.45, 7) is 5.19. The van der Waals surface area contributed by atoms with Gasteiger partial charge in [0.2, 0.25) is 0 Å². The molecule has 0 aliphatic carbocycles. The molecule has 0 unspecified atom stereocenters. The van der Waals surface area contributed by atoms with Crippen molar-refractivity contribution in [3.63, 3.8) is 0 Å². The van der Waals surface area contributed by atoms with Crippen molar-refractivity contribution in [1.82, 2.24) is 9.13 Å². The standard InChI is InChI=1S/C28H28N2O3/c1-3-9-26-20(2)29(18-21-10-5-4-6-11-21)28(33)30(26)19-22-14-16-23(17-15-22)24-12-7-8-13-25(24)27(31)32/h4-8,10-17H,3,9,18-19H2,1-2H3,(H,31,32). The number of carbonyl (C=O) groups is 1. The summed E-state index contributed by atoms with van der Waals surface area (Å²) in [5, 5.41) is 9.48. The second kappa shape index (κ2) is 9.74. The van der Waals surface area contributed by atoms with Gasteiger partial charge in [0, 0.05) is 11.4 Å². The van der Waals surface area contributed by atoms with Crippen LogP contribution in [0.25, 0.3) is 11.1 Å². The van der Waals surface area contributed by atoms with Crippen molar-refractivity contribution >= 4 is 5.97 Å². The third-order valence-corrected chi connectivity index (χ3v) is 6.04. The van der Waals surface area contributed by atoms with Gasteiger partial charge in [0.15, 0.2) is 0 Å². The molecule has 1 N–H and O–H groups in total. The molecule has 4 aromatic rings. The first-order chi connectivity index (χ1) is 16.0. The van der Waals surface area contributed by atoms with Gasteiger partial charge in [-0.15, -0.1) is 0 Å². The molecule has 0 saturated carbocycles. The molecule has 0 fully saturated rings. The Morgan fingerprint density at radius 1 is 0.818 bits per heavy atom. The van der Waals surface area contributed by atoms with Gasteiger partial charge in [-0.25, -0.2) is 9.59 Å². The second-order valence-electron chi connectivity index (χ2n) is 8.27. The van der Waals surface area contributed by atoms with Crippen LogP contribution in [-0.2, 0) is 19.5 Å². The van der Waals surface area contributed by atoms with Gasteiger partial charge in [-0.2, -0.15) is 0 Å². The third-order valence-electron chi connectivity index (χ3n) is 6.04. The van der Waals surface area contributed by atoms with Crippen molar-refractivity contribution in [3.05, 3.63) is 117 Å². The van der Waals surface area contributed by atoms with Crippen molar-refractivity contribution in [2.75, 3.05) is 0 Å². The Labute approximate surface area is 193 Å². The molecule has 0 radical (unpaired) electrons. The van der Waals surface area contributed by atoms with E-state index in [4.69, 9.17) is 0 Å². The molecule has 168 valence electrons. The molecule has 0 atom stereocenters. The molecule has 1 aromatic heterocycles. The Morgan fingerprint density at radius 3 is 2.09 bits per heavy atom. The molecule has 0 bridgehead atoms. The predicted molar refractivity (Wildman–Crippen MR) is 131 cm³/mol. The van der Waals surface area contributed by atoms with Gasteiger partial charge in [0.25, 0.3) is 0 Å². The first-order valence-corrected chi connectivity index (χ1v) is 11.2. The van der Waals surface area contributed by atoms with Crippen LogP contribution < -0.4 is 5.69 Å². The molecular weight excluding hydrogens is 412 g/mol. The lowest BCUT2D eigenvalue weighted by Crippen LogP contribution is -2.26. The Hall–Kier alpha value is -3.86. The van der Waals surface area contributed by atoms with E-state index in [1.807, 2.05) is 82.8 Å². The number of imidazole rings is 1. The maximum absolute atomic E-state index is 13.4. The van der Waals surface area contributed by atoms with Crippen LogP contribution in [0.4, 0.5) is 0 Å². The SMILES string of the molecule is CCCc1c(C)n(Cc2ccccc2)c(=O)n1Cc1ccc(-c2ccccc2C(=O)O)cc1. The quantitative estimate of drug-likeness (QED) is 0.400. The minimum atomic E-state index is -0.944. The highest BCUT2D eigenvalue weighted by Gasteiger charge is 2.17. The lowest BCUT2D eigenvalue weighted by atomic mass is 9.99. The molecule has 5 nitrogen and oxygen atoms in total. The molecule has 33 heavy (non-hydrogen) atoms. The lowest BCUT2D eigenvalue weighted by molar-refractivity contribution is 0.0697. The molecule has 3 aromatic carbocycles. The third kappa shape index (κ3) is 4.67. The zero-order valence-electron chi connectivity index (χ0n) is 19.0. The lowest BCUT2D eigenvalue weighted by Gasteiger charge is -2.10. The van der Waals surface area contributed by atoms with Gasteiger partial charge in [-0.05, 0) is 41.7 Å². The summed E-state index contributed by atoms with van der Waals surface area (Å²) in [5.74, 6) is -0.944. The fourth-order valence-corrected chi connectivity index (χ4v) is 4.32. The maximum atomic E-state index is 13.4. The highest BCUT2D eigenvalue weighted by atomic mass is 16.4. The van der Waals surface area contributed by atoms with Crippen LogP contribution in [0, 0.1) is 6.92 Å². The zero-order valence-corrected chi connectivity index (χ0v) is 19.0. The van der Waals surface area contributed by atoms with E-state index in [0.717, 1.165) is 40.9 Å². The van der Waals surface area contributed by atoms with E-state index in [0.29, 0.717) is 18.7 Å². The topological polar surface area (TPSA) is 64.2 Å². The number of carboxylic acids is 1. The Bertz CT molecular complexity index is 1320. The molecule has 0 aliphatic rings.